The summed E-state index contributed by atoms with van der Waals surface area (Å²) in [6.07, 6.45) is 0. The van der Waals surface area contributed by atoms with Gasteiger partial charge in [0.05, 0.1) is 28.7 Å². The second-order valence-corrected chi connectivity index (χ2v) is 9.98. The van der Waals surface area contributed by atoms with Gasteiger partial charge in [0.1, 0.15) is 19.0 Å². The fourth-order valence-electron chi connectivity index (χ4n) is 4.00. The number of aryl methyl sites for hydroxylation is 1. The van der Waals surface area contributed by atoms with Crippen molar-refractivity contribution in [3.8, 4) is 17.2 Å². The van der Waals surface area contributed by atoms with E-state index in [2.05, 4.69) is 0 Å². The molecule has 0 fully saturated rings. The number of ether oxygens (including phenoxy) is 4. The number of nitro benzene ring substituents is 1. The van der Waals surface area contributed by atoms with Gasteiger partial charge in [0, 0.05) is 29.3 Å². The summed E-state index contributed by atoms with van der Waals surface area (Å²) in [4.78, 5) is 11.0. The average molecular weight is 499 g/mol. The van der Waals surface area contributed by atoms with Crippen LogP contribution in [0.25, 0.3) is 0 Å². The zero-order valence-corrected chi connectivity index (χ0v) is 19.6. The predicted molar refractivity (Wildman–Crippen MR) is 125 cm³/mol. The van der Waals surface area contributed by atoms with Crippen LogP contribution in [0.2, 0.25) is 0 Å². The predicted octanol–water partition coefficient (Wildman–Crippen LogP) is 3.94. The summed E-state index contributed by atoms with van der Waals surface area (Å²) < 4.78 is 51.1. The average Bonchev–Trinajstić information content (AvgIpc) is 2.87. The van der Waals surface area contributed by atoms with Gasteiger partial charge in [-0.05, 0) is 31.2 Å². The van der Waals surface area contributed by atoms with Gasteiger partial charge < -0.3 is 18.9 Å². The number of non-ortho nitro benzene ring substituents is 1. The van der Waals surface area contributed by atoms with Crippen LogP contribution in [0.1, 0.15) is 16.7 Å². The van der Waals surface area contributed by atoms with Gasteiger partial charge in [-0.15, -0.1) is 0 Å². The zero-order valence-electron chi connectivity index (χ0n) is 18.8. The third kappa shape index (κ3) is 4.47. The maximum atomic E-state index is 13.9. The van der Waals surface area contributed by atoms with Crippen molar-refractivity contribution < 1.29 is 32.3 Å². The lowest BCUT2D eigenvalue weighted by Gasteiger charge is -2.28. The van der Waals surface area contributed by atoms with Crippen molar-refractivity contribution in [3.05, 3.63) is 81.4 Å². The summed E-state index contributed by atoms with van der Waals surface area (Å²) in [5, 5.41) is 11.6. The summed E-state index contributed by atoms with van der Waals surface area (Å²) in [7, 11) is -4.12. The third-order valence-corrected chi connectivity index (χ3v) is 7.49. The molecule has 0 atom stereocenters. The highest BCUT2D eigenvalue weighted by Crippen LogP contribution is 2.38. The Kier molecular flexibility index (Phi) is 5.95. The summed E-state index contributed by atoms with van der Waals surface area (Å²) in [5.41, 5.74) is 2.03. The van der Waals surface area contributed by atoms with Gasteiger partial charge in [0.15, 0.2) is 18.3 Å². The molecule has 11 heteroatoms. The molecule has 5 rings (SSSR count). The molecule has 0 amide bonds. The van der Waals surface area contributed by atoms with Crippen LogP contribution in [0.4, 0.5) is 11.4 Å². The van der Waals surface area contributed by atoms with Crippen molar-refractivity contribution in [2.75, 3.05) is 24.3 Å². The van der Waals surface area contributed by atoms with E-state index in [9.17, 15) is 18.5 Å². The number of hydrogen-bond acceptors (Lipinski definition) is 8. The monoisotopic (exact) mass is 498 g/mol. The number of fused-ring (bicyclic) bond motifs is 2. The van der Waals surface area contributed by atoms with E-state index >= 15 is 0 Å². The van der Waals surface area contributed by atoms with Crippen LogP contribution in [0.15, 0.2) is 59.5 Å². The molecule has 10 nitrogen and oxygen atoms in total. The first-order valence-corrected chi connectivity index (χ1v) is 12.3. The van der Waals surface area contributed by atoms with Crippen molar-refractivity contribution in [1.29, 1.82) is 0 Å². The van der Waals surface area contributed by atoms with Crippen molar-refractivity contribution in [1.82, 2.24) is 0 Å². The first-order chi connectivity index (χ1) is 16.8. The molecule has 0 unspecified atom stereocenters. The fraction of sp³-hybridized carbons (Fsp3) is 0.250. The van der Waals surface area contributed by atoms with E-state index < -0.39 is 14.9 Å². The Labute approximate surface area is 201 Å². The molecule has 0 saturated heterocycles. The molecule has 0 saturated carbocycles. The summed E-state index contributed by atoms with van der Waals surface area (Å²) >= 11 is 0. The molecule has 0 N–H and O–H groups in total. The van der Waals surface area contributed by atoms with Crippen molar-refractivity contribution in [3.63, 3.8) is 0 Å². The van der Waals surface area contributed by atoms with E-state index in [4.69, 9.17) is 18.9 Å². The first-order valence-electron chi connectivity index (χ1n) is 10.8. The minimum atomic E-state index is -4.12. The van der Waals surface area contributed by atoms with Crippen LogP contribution in [-0.2, 0) is 27.9 Å². The number of rotatable bonds is 6. The molecule has 0 bridgehead atoms. The minimum Gasteiger partial charge on any atom is -0.486 e. The number of sulfonamides is 1. The summed E-state index contributed by atoms with van der Waals surface area (Å²) in [6.45, 7) is 2.51. The normalized spacial score (nSPS) is 14.5. The van der Waals surface area contributed by atoms with E-state index in [1.165, 1.54) is 28.6 Å². The lowest BCUT2D eigenvalue weighted by atomic mass is 10.1. The Morgan fingerprint density at radius 3 is 2.46 bits per heavy atom. The van der Waals surface area contributed by atoms with E-state index in [1.54, 1.807) is 30.3 Å². The molecule has 3 aromatic carbocycles. The Morgan fingerprint density at radius 2 is 1.71 bits per heavy atom. The van der Waals surface area contributed by atoms with Crippen LogP contribution in [-0.4, -0.2) is 33.3 Å². The van der Waals surface area contributed by atoms with E-state index in [-0.39, 0.29) is 30.5 Å². The fourth-order valence-corrected chi connectivity index (χ4v) is 5.45. The largest absolute Gasteiger partial charge is 0.486 e. The van der Waals surface area contributed by atoms with E-state index in [0.717, 1.165) is 5.56 Å². The number of benzene rings is 3. The SMILES string of the molecule is Cc1ccc(N(Cc2cc([N+](=O)[O-])cc3c2OCOC3)S(=O)(=O)c2ccc3c(c2)OCCO3)cc1. The van der Waals surface area contributed by atoms with Crippen LogP contribution in [0.5, 0.6) is 17.2 Å². The standard InChI is InChI=1S/C24H22N2O8S/c1-16-2-4-19(5-3-16)25(35(29,30)21-6-7-22-23(12-21)33-9-8-32-22)13-17-10-20(26(27)28)11-18-14-31-15-34-24(17)18/h2-7,10-12H,8-9,13-15H2,1H3. The van der Waals surface area contributed by atoms with Gasteiger partial charge in [-0.25, -0.2) is 8.42 Å². The Hall–Kier alpha value is -3.83. The van der Waals surface area contributed by atoms with Crippen LogP contribution in [0, 0.1) is 17.0 Å². The maximum absolute atomic E-state index is 13.9. The van der Waals surface area contributed by atoms with Gasteiger partial charge in [0.25, 0.3) is 15.7 Å². The van der Waals surface area contributed by atoms with Gasteiger partial charge in [-0.1, -0.05) is 17.7 Å². The maximum Gasteiger partial charge on any atom is 0.270 e. The van der Waals surface area contributed by atoms with Crippen molar-refractivity contribution >= 4 is 21.4 Å². The van der Waals surface area contributed by atoms with Gasteiger partial charge in [-0.3, -0.25) is 14.4 Å². The Balaban J connectivity index is 1.62. The molecule has 35 heavy (non-hydrogen) atoms. The quantitative estimate of drug-likeness (QED) is 0.371. The number of nitrogens with zero attached hydrogens (tertiary/aromatic N) is 2. The lowest BCUT2D eigenvalue weighted by Crippen LogP contribution is -2.31. The summed E-state index contributed by atoms with van der Waals surface area (Å²) in [6, 6.07) is 14.1. The van der Waals surface area contributed by atoms with Gasteiger partial charge in [0.2, 0.25) is 0 Å². The van der Waals surface area contributed by atoms with E-state index in [0.29, 0.717) is 47.3 Å². The molecule has 0 radical (unpaired) electrons. The smallest absolute Gasteiger partial charge is 0.270 e. The molecule has 0 aliphatic carbocycles. The highest BCUT2D eigenvalue weighted by atomic mass is 32.2. The zero-order chi connectivity index (χ0) is 24.6. The Bertz CT molecular complexity index is 1390. The highest BCUT2D eigenvalue weighted by molar-refractivity contribution is 7.92. The second kappa shape index (κ2) is 9.08. The minimum absolute atomic E-state index is 0.00544. The highest BCUT2D eigenvalue weighted by Gasteiger charge is 2.30. The van der Waals surface area contributed by atoms with Crippen molar-refractivity contribution in [2.24, 2.45) is 0 Å². The number of hydrogen-bond donors (Lipinski definition) is 0. The second-order valence-electron chi connectivity index (χ2n) is 8.11. The number of nitro groups is 1. The first kappa shape index (κ1) is 22.9. The molecule has 2 heterocycles. The van der Waals surface area contributed by atoms with Crippen LogP contribution in [0.3, 0.4) is 0 Å². The molecule has 0 spiro atoms. The van der Waals surface area contributed by atoms with Crippen LogP contribution >= 0.6 is 0 Å². The van der Waals surface area contributed by atoms with Gasteiger partial charge in [-0.2, -0.15) is 0 Å². The lowest BCUT2D eigenvalue weighted by molar-refractivity contribution is -0.385. The van der Waals surface area contributed by atoms with Crippen molar-refractivity contribution in [2.45, 2.75) is 25.0 Å². The Morgan fingerprint density at radius 1 is 0.971 bits per heavy atom. The topological polar surface area (TPSA) is 117 Å². The molecule has 182 valence electrons. The van der Waals surface area contributed by atoms with E-state index in [1.807, 2.05) is 6.92 Å². The molecular weight excluding hydrogens is 476 g/mol. The molecular formula is C24H22N2O8S. The molecule has 2 aliphatic rings. The molecule has 0 aromatic heterocycles. The van der Waals surface area contributed by atoms with Crippen LogP contribution < -0.4 is 18.5 Å². The summed E-state index contributed by atoms with van der Waals surface area (Å²) in [5.74, 6) is 1.20. The number of anilines is 1. The molecule has 3 aromatic rings. The third-order valence-electron chi connectivity index (χ3n) is 5.72. The molecule has 2 aliphatic heterocycles. The van der Waals surface area contributed by atoms with Gasteiger partial charge >= 0.3 is 0 Å².